The summed E-state index contributed by atoms with van der Waals surface area (Å²) in [7, 11) is -0.169. The van der Waals surface area contributed by atoms with Crippen molar-refractivity contribution in [3.05, 3.63) is 48.0 Å². The average Bonchev–Trinajstić information content (AvgIpc) is 3.26. The third kappa shape index (κ3) is 5.96. The molecule has 3 rings (SSSR count). The van der Waals surface area contributed by atoms with Crippen LogP contribution >= 0.6 is 0 Å². The lowest BCUT2D eigenvalue weighted by atomic mass is 10.1. The van der Waals surface area contributed by atoms with E-state index in [-0.39, 0.29) is 22.8 Å². The second kappa shape index (κ2) is 10.1. The number of ether oxygens (including phenoxy) is 1. The Bertz CT molecular complexity index is 1000. The molecule has 0 unspecified atom stereocenters. The molecular formula is C22H29N3O5S. The summed E-state index contributed by atoms with van der Waals surface area (Å²) in [6.45, 7) is 2.39. The van der Waals surface area contributed by atoms with Gasteiger partial charge in [0.1, 0.15) is 10.6 Å². The molecule has 1 fully saturated rings. The van der Waals surface area contributed by atoms with E-state index in [1.165, 1.54) is 12.1 Å². The number of aromatic carboxylic acids is 1. The molecule has 0 amide bonds. The van der Waals surface area contributed by atoms with E-state index in [1.807, 2.05) is 30.0 Å². The number of carboxylic acid groups (broad SMARTS) is 1. The molecule has 2 aromatic rings. The largest absolute Gasteiger partial charge is 0.478 e. The first-order valence-electron chi connectivity index (χ1n) is 10.3. The van der Waals surface area contributed by atoms with E-state index in [9.17, 15) is 18.3 Å². The summed E-state index contributed by atoms with van der Waals surface area (Å²) < 4.78 is 35.1. The van der Waals surface area contributed by atoms with E-state index in [1.54, 1.807) is 24.3 Å². The number of anilines is 1. The summed E-state index contributed by atoms with van der Waals surface area (Å²) in [4.78, 5) is 15.6. The van der Waals surface area contributed by atoms with Gasteiger partial charge in [-0.25, -0.2) is 17.9 Å². The van der Waals surface area contributed by atoms with Crippen LogP contribution < -0.4 is 14.4 Å². The number of hydrogen-bond acceptors (Lipinski definition) is 6. The van der Waals surface area contributed by atoms with Gasteiger partial charge >= 0.3 is 5.97 Å². The standard InChI is InChI=1S/C22H29N3O5S/c1-24(2)12-8-11-23-31(28,29)20-16-17(22(26)27)15-19(25-13-6-7-14-25)21(20)30-18-9-4-3-5-10-18/h3-5,9-10,15-16,23H,6-8,11-14H2,1-2H3,(H,26,27). The molecular weight excluding hydrogens is 418 g/mol. The minimum atomic E-state index is -4.00. The lowest BCUT2D eigenvalue weighted by molar-refractivity contribution is 0.0696. The number of nitrogens with zero attached hydrogens (tertiary/aromatic N) is 2. The van der Waals surface area contributed by atoms with Crippen LogP contribution in [0.5, 0.6) is 11.5 Å². The highest BCUT2D eigenvalue weighted by Crippen LogP contribution is 2.40. The van der Waals surface area contributed by atoms with Gasteiger partial charge in [-0.05, 0) is 64.2 Å². The quantitative estimate of drug-likeness (QED) is 0.540. The van der Waals surface area contributed by atoms with Gasteiger partial charge in [0.05, 0.1) is 11.3 Å². The monoisotopic (exact) mass is 447 g/mol. The fourth-order valence-corrected chi connectivity index (χ4v) is 4.73. The Hall–Kier alpha value is -2.62. The van der Waals surface area contributed by atoms with Crippen molar-refractivity contribution < 1.29 is 23.1 Å². The van der Waals surface area contributed by atoms with Gasteiger partial charge in [0, 0.05) is 19.6 Å². The van der Waals surface area contributed by atoms with E-state index >= 15 is 0 Å². The molecule has 2 N–H and O–H groups in total. The topological polar surface area (TPSA) is 99.2 Å². The van der Waals surface area contributed by atoms with Gasteiger partial charge in [0.15, 0.2) is 5.75 Å². The summed E-state index contributed by atoms with van der Waals surface area (Å²) in [6.07, 6.45) is 2.53. The molecule has 1 heterocycles. The van der Waals surface area contributed by atoms with Crippen LogP contribution in [0.25, 0.3) is 0 Å². The highest BCUT2D eigenvalue weighted by Gasteiger charge is 2.29. The number of para-hydroxylation sites is 1. The Labute approximate surface area is 183 Å². The van der Waals surface area contributed by atoms with Crippen LogP contribution in [0, 0.1) is 0 Å². The maximum absolute atomic E-state index is 13.2. The number of nitrogens with one attached hydrogen (secondary N) is 1. The molecule has 0 bridgehead atoms. The molecule has 0 aliphatic carbocycles. The summed E-state index contributed by atoms with van der Waals surface area (Å²) in [5, 5.41) is 9.62. The summed E-state index contributed by atoms with van der Waals surface area (Å²) >= 11 is 0. The van der Waals surface area contributed by atoms with Crippen LogP contribution in [0.3, 0.4) is 0 Å². The van der Waals surface area contributed by atoms with Crippen LogP contribution in [0.4, 0.5) is 5.69 Å². The molecule has 168 valence electrons. The van der Waals surface area contributed by atoms with Gasteiger partial charge in [-0.1, -0.05) is 18.2 Å². The SMILES string of the molecule is CN(C)CCCNS(=O)(=O)c1cc(C(=O)O)cc(N2CCCC2)c1Oc1ccccc1. The highest BCUT2D eigenvalue weighted by atomic mass is 32.2. The molecule has 1 saturated heterocycles. The lowest BCUT2D eigenvalue weighted by Gasteiger charge is -2.24. The Balaban J connectivity index is 2.06. The number of benzene rings is 2. The minimum Gasteiger partial charge on any atom is -0.478 e. The number of carboxylic acids is 1. The summed E-state index contributed by atoms with van der Waals surface area (Å²) in [6, 6.07) is 11.6. The fraction of sp³-hybridized carbons (Fsp3) is 0.409. The van der Waals surface area contributed by atoms with Gasteiger partial charge in [-0.2, -0.15) is 0 Å². The molecule has 0 radical (unpaired) electrons. The van der Waals surface area contributed by atoms with Crippen LogP contribution in [-0.2, 0) is 10.0 Å². The van der Waals surface area contributed by atoms with Crippen LogP contribution in [-0.4, -0.2) is 64.7 Å². The molecule has 0 aromatic heterocycles. The number of carbonyl (C=O) groups is 1. The van der Waals surface area contributed by atoms with E-state index in [2.05, 4.69) is 4.72 Å². The third-order valence-corrected chi connectivity index (χ3v) is 6.52. The molecule has 0 atom stereocenters. The molecule has 0 saturated carbocycles. The van der Waals surface area contributed by atoms with Crippen molar-refractivity contribution in [2.75, 3.05) is 45.2 Å². The first kappa shape index (κ1) is 23.1. The van der Waals surface area contributed by atoms with Gasteiger partial charge in [0.2, 0.25) is 10.0 Å². The average molecular weight is 448 g/mol. The van der Waals surface area contributed by atoms with Crippen molar-refractivity contribution in [2.24, 2.45) is 0 Å². The van der Waals surface area contributed by atoms with E-state index in [0.29, 0.717) is 30.9 Å². The smallest absolute Gasteiger partial charge is 0.335 e. The van der Waals surface area contributed by atoms with Crippen molar-refractivity contribution in [2.45, 2.75) is 24.2 Å². The van der Waals surface area contributed by atoms with E-state index < -0.39 is 16.0 Å². The Kier molecular flexibility index (Phi) is 7.53. The van der Waals surface area contributed by atoms with Crippen molar-refractivity contribution in [3.63, 3.8) is 0 Å². The van der Waals surface area contributed by atoms with Gasteiger partial charge < -0.3 is 19.6 Å². The first-order chi connectivity index (χ1) is 14.8. The Morgan fingerprint density at radius 1 is 1.16 bits per heavy atom. The third-order valence-electron chi connectivity index (χ3n) is 5.06. The Morgan fingerprint density at radius 2 is 1.84 bits per heavy atom. The minimum absolute atomic E-state index is 0.0871. The number of sulfonamides is 1. The molecule has 1 aliphatic heterocycles. The van der Waals surface area contributed by atoms with Gasteiger partial charge in [-0.15, -0.1) is 0 Å². The zero-order valence-corrected chi connectivity index (χ0v) is 18.7. The van der Waals surface area contributed by atoms with Crippen LogP contribution in [0.2, 0.25) is 0 Å². The predicted molar refractivity (Wildman–Crippen MR) is 120 cm³/mol. The van der Waals surface area contributed by atoms with Gasteiger partial charge in [-0.3, -0.25) is 0 Å². The van der Waals surface area contributed by atoms with E-state index in [0.717, 1.165) is 19.4 Å². The summed E-state index contributed by atoms with van der Waals surface area (Å²) in [5.74, 6) is -0.552. The molecule has 2 aromatic carbocycles. The molecule has 31 heavy (non-hydrogen) atoms. The normalized spacial score (nSPS) is 14.2. The second-order valence-corrected chi connectivity index (χ2v) is 9.53. The van der Waals surface area contributed by atoms with Crippen LogP contribution in [0.1, 0.15) is 29.6 Å². The van der Waals surface area contributed by atoms with E-state index in [4.69, 9.17) is 4.74 Å². The zero-order chi connectivity index (χ0) is 22.4. The summed E-state index contributed by atoms with van der Waals surface area (Å²) in [5.41, 5.74) is 0.394. The highest BCUT2D eigenvalue weighted by molar-refractivity contribution is 7.89. The van der Waals surface area contributed by atoms with Crippen molar-refractivity contribution in [1.29, 1.82) is 0 Å². The van der Waals surface area contributed by atoms with Crippen molar-refractivity contribution in [1.82, 2.24) is 9.62 Å². The molecule has 8 nitrogen and oxygen atoms in total. The predicted octanol–water partition coefficient (Wildman–Crippen LogP) is 3.01. The molecule has 9 heteroatoms. The number of rotatable bonds is 10. The zero-order valence-electron chi connectivity index (χ0n) is 17.9. The second-order valence-electron chi connectivity index (χ2n) is 7.79. The Morgan fingerprint density at radius 3 is 2.45 bits per heavy atom. The van der Waals surface area contributed by atoms with Crippen molar-refractivity contribution >= 4 is 21.7 Å². The van der Waals surface area contributed by atoms with Crippen LogP contribution in [0.15, 0.2) is 47.4 Å². The molecule has 0 spiro atoms. The van der Waals surface area contributed by atoms with Gasteiger partial charge in [0.25, 0.3) is 0 Å². The maximum atomic E-state index is 13.2. The number of hydrogen-bond donors (Lipinski definition) is 2. The maximum Gasteiger partial charge on any atom is 0.335 e. The fourth-order valence-electron chi connectivity index (χ4n) is 3.49. The van der Waals surface area contributed by atoms with Crippen molar-refractivity contribution in [3.8, 4) is 11.5 Å². The lowest BCUT2D eigenvalue weighted by Crippen LogP contribution is -2.28. The molecule has 1 aliphatic rings. The first-order valence-corrected chi connectivity index (χ1v) is 11.8.